The van der Waals surface area contributed by atoms with Crippen molar-refractivity contribution in [2.75, 3.05) is 6.61 Å². The van der Waals surface area contributed by atoms with Crippen molar-refractivity contribution in [3.63, 3.8) is 0 Å². The third-order valence-electron chi connectivity index (χ3n) is 3.88. The van der Waals surface area contributed by atoms with E-state index in [9.17, 15) is 4.79 Å². The number of carbonyl (C=O) groups excluding carboxylic acids is 1. The Bertz CT molecular complexity index is 485. The fourth-order valence-corrected chi connectivity index (χ4v) is 2.69. The minimum absolute atomic E-state index is 0.140. The highest BCUT2D eigenvalue weighted by Crippen LogP contribution is 2.29. The third kappa shape index (κ3) is 3.12. The molecule has 2 rings (SSSR count). The van der Waals surface area contributed by atoms with Gasteiger partial charge in [0, 0.05) is 12.5 Å². The summed E-state index contributed by atoms with van der Waals surface area (Å²) in [6.07, 6.45) is 1.87. The number of fused-ring (bicyclic) bond motifs is 1. The van der Waals surface area contributed by atoms with E-state index in [2.05, 4.69) is 24.4 Å². The van der Waals surface area contributed by atoms with Crippen LogP contribution in [0.15, 0.2) is 18.2 Å². The smallest absolute Gasteiger partial charge is 0.234 e. The molecule has 1 aromatic carbocycles. The van der Waals surface area contributed by atoms with Crippen molar-refractivity contribution < 1.29 is 9.53 Å². The van der Waals surface area contributed by atoms with Crippen molar-refractivity contribution in [3.05, 3.63) is 29.3 Å². The van der Waals surface area contributed by atoms with Gasteiger partial charge in [-0.1, -0.05) is 32.9 Å². The minimum Gasteiger partial charge on any atom is -0.493 e. The number of benzene rings is 1. The van der Waals surface area contributed by atoms with Gasteiger partial charge in [0.05, 0.1) is 12.6 Å². The van der Waals surface area contributed by atoms with Crippen LogP contribution in [-0.2, 0) is 11.2 Å². The van der Waals surface area contributed by atoms with Crippen LogP contribution in [0.5, 0.6) is 5.75 Å². The number of nitrogens with one attached hydrogen (secondary N) is 1. The molecule has 110 valence electrons. The summed E-state index contributed by atoms with van der Waals surface area (Å²) in [6.45, 7) is 6.88. The van der Waals surface area contributed by atoms with Gasteiger partial charge < -0.3 is 10.5 Å². The van der Waals surface area contributed by atoms with E-state index in [1.165, 1.54) is 11.1 Å². The number of nitrogens with two attached hydrogens (primary N) is 1. The topological polar surface area (TPSA) is 64.3 Å². The molecule has 4 nitrogen and oxygen atoms in total. The van der Waals surface area contributed by atoms with Gasteiger partial charge in [-0.3, -0.25) is 10.1 Å². The van der Waals surface area contributed by atoms with Gasteiger partial charge in [0.1, 0.15) is 5.75 Å². The van der Waals surface area contributed by atoms with E-state index in [-0.39, 0.29) is 23.9 Å². The fraction of sp³-hybridized carbons (Fsp3) is 0.562. The van der Waals surface area contributed by atoms with E-state index in [4.69, 9.17) is 10.5 Å². The minimum atomic E-state index is -0.301. The van der Waals surface area contributed by atoms with Crippen LogP contribution in [0.4, 0.5) is 0 Å². The molecule has 0 fully saturated rings. The summed E-state index contributed by atoms with van der Waals surface area (Å²) in [6, 6.07) is 6.12. The molecule has 0 saturated carbocycles. The lowest BCUT2D eigenvalue weighted by molar-refractivity contribution is -0.121. The first-order valence-electron chi connectivity index (χ1n) is 7.34. The molecule has 1 heterocycles. The monoisotopic (exact) mass is 276 g/mol. The lowest BCUT2D eigenvalue weighted by atomic mass is 9.97. The first-order chi connectivity index (χ1) is 9.52. The molecule has 1 aliphatic rings. The lowest BCUT2D eigenvalue weighted by Gasteiger charge is -2.26. The Balaban J connectivity index is 2.17. The van der Waals surface area contributed by atoms with Crippen molar-refractivity contribution in [3.8, 4) is 5.75 Å². The molecule has 1 aromatic rings. The number of hydrogen-bond acceptors (Lipinski definition) is 3. The number of ether oxygens (including phenoxy) is 1. The van der Waals surface area contributed by atoms with Crippen LogP contribution in [-0.4, -0.2) is 18.6 Å². The molecule has 2 atom stereocenters. The number of amides is 1. The summed E-state index contributed by atoms with van der Waals surface area (Å²) in [5.41, 5.74) is 7.94. The van der Waals surface area contributed by atoms with Crippen LogP contribution in [0.1, 0.15) is 44.4 Å². The predicted molar refractivity (Wildman–Crippen MR) is 79.6 cm³/mol. The van der Waals surface area contributed by atoms with Crippen LogP contribution < -0.4 is 15.8 Å². The molecule has 0 bridgehead atoms. The highest BCUT2D eigenvalue weighted by Gasteiger charge is 2.24. The highest BCUT2D eigenvalue weighted by molar-refractivity contribution is 5.80. The normalized spacial score (nSPS) is 16.6. The van der Waals surface area contributed by atoms with Crippen LogP contribution in [0.25, 0.3) is 0 Å². The second kappa shape index (κ2) is 6.27. The van der Waals surface area contributed by atoms with Gasteiger partial charge in [0.25, 0.3) is 0 Å². The Morgan fingerprint density at radius 1 is 1.45 bits per heavy atom. The quantitative estimate of drug-likeness (QED) is 0.837. The van der Waals surface area contributed by atoms with Gasteiger partial charge in [0.2, 0.25) is 5.91 Å². The Labute approximate surface area is 120 Å². The zero-order valence-corrected chi connectivity index (χ0v) is 12.5. The summed E-state index contributed by atoms with van der Waals surface area (Å²) in [7, 11) is 0. The molecule has 0 radical (unpaired) electrons. The van der Waals surface area contributed by atoms with Gasteiger partial charge in [0.15, 0.2) is 0 Å². The molecule has 1 aliphatic heterocycles. The van der Waals surface area contributed by atoms with E-state index in [0.29, 0.717) is 0 Å². The summed E-state index contributed by atoms with van der Waals surface area (Å²) in [5.74, 6) is 0.876. The maximum atomic E-state index is 11.6. The Hall–Kier alpha value is -1.55. The van der Waals surface area contributed by atoms with E-state index in [0.717, 1.165) is 25.2 Å². The highest BCUT2D eigenvalue weighted by atomic mass is 16.5. The Morgan fingerprint density at radius 3 is 2.80 bits per heavy atom. The van der Waals surface area contributed by atoms with Crippen LogP contribution in [0, 0.1) is 5.92 Å². The first-order valence-corrected chi connectivity index (χ1v) is 7.34. The molecule has 1 amide bonds. The second-order valence-electron chi connectivity index (χ2n) is 5.72. The summed E-state index contributed by atoms with van der Waals surface area (Å²) >= 11 is 0. The largest absolute Gasteiger partial charge is 0.493 e. The van der Waals surface area contributed by atoms with Crippen molar-refractivity contribution >= 4 is 5.91 Å². The van der Waals surface area contributed by atoms with Crippen molar-refractivity contribution in [2.45, 2.75) is 45.7 Å². The van der Waals surface area contributed by atoms with Crippen molar-refractivity contribution in [2.24, 2.45) is 11.7 Å². The molecule has 0 aliphatic carbocycles. The molecule has 3 N–H and O–H groups in total. The molecule has 0 spiro atoms. The third-order valence-corrected chi connectivity index (χ3v) is 3.88. The maximum Gasteiger partial charge on any atom is 0.234 e. The number of primary amides is 1. The number of rotatable bonds is 6. The maximum absolute atomic E-state index is 11.6. The standard InChI is InChI=1S/C16H24N2O2/c1-4-13(18-15(10(2)3)16(17)19)11-5-6-14-12(9-11)7-8-20-14/h5-6,9-10,13,15,18H,4,7-8H2,1-3H3,(H2,17,19). The average molecular weight is 276 g/mol. The van der Waals surface area contributed by atoms with Gasteiger partial charge in [-0.05, 0) is 29.5 Å². The van der Waals surface area contributed by atoms with Gasteiger partial charge >= 0.3 is 0 Å². The summed E-state index contributed by atoms with van der Waals surface area (Å²) in [5, 5.41) is 3.39. The van der Waals surface area contributed by atoms with Gasteiger partial charge in [-0.15, -0.1) is 0 Å². The molecule has 0 aromatic heterocycles. The number of carbonyl (C=O) groups is 1. The summed E-state index contributed by atoms with van der Waals surface area (Å²) < 4.78 is 5.53. The Morgan fingerprint density at radius 2 is 2.20 bits per heavy atom. The van der Waals surface area contributed by atoms with Crippen LogP contribution in [0.2, 0.25) is 0 Å². The van der Waals surface area contributed by atoms with Gasteiger partial charge in [-0.2, -0.15) is 0 Å². The fourth-order valence-electron chi connectivity index (χ4n) is 2.69. The first kappa shape index (κ1) is 14.9. The lowest BCUT2D eigenvalue weighted by Crippen LogP contribution is -2.46. The number of hydrogen-bond donors (Lipinski definition) is 2. The Kier molecular flexibility index (Phi) is 4.65. The van der Waals surface area contributed by atoms with E-state index in [1.54, 1.807) is 0 Å². The molecular formula is C16H24N2O2. The molecular weight excluding hydrogens is 252 g/mol. The van der Waals surface area contributed by atoms with E-state index in [1.807, 2.05) is 19.9 Å². The molecule has 0 saturated heterocycles. The molecule has 4 heteroatoms. The second-order valence-corrected chi connectivity index (χ2v) is 5.72. The van der Waals surface area contributed by atoms with E-state index >= 15 is 0 Å². The zero-order valence-electron chi connectivity index (χ0n) is 12.5. The molecule has 20 heavy (non-hydrogen) atoms. The zero-order chi connectivity index (χ0) is 14.7. The SMILES string of the molecule is CCC(NC(C(N)=O)C(C)C)c1ccc2c(c1)CCO2. The van der Waals surface area contributed by atoms with Crippen molar-refractivity contribution in [1.29, 1.82) is 0 Å². The van der Waals surface area contributed by atoms with E-state index < -0.39 is 0 Å². The van der Waals surface area contributed by atoms with Crippen molar-refractivity contribution in [1.82, 2.24) is 5.32 Å². The summed E-state index contributed by atoms with van der Waals surface area (Å²) in [4.78, 5) is 11.6. The molecule has 2 unspecified atom stereocenters. The predicted octanol–water partition coefficient (Wildman–Crippen LogP) is 2.17. The van der Waals surface area contributed by atoms with Gasteiger partial charge in [-0.25, -0.2) is 0 Å². The van der Waals surface area contributed by atoms with Crippen LogP contribution in [0.3, 0.4) is 0 Å². The average Bonchev–Trinajstić information content (AvgIpc) is 2.86. The van der Waals surface area contributed by atoms with Crippen LogP contribution >= 0.6 is 0 Å².